The van der Waals surface area contributed by atoms with Gasteiger partial charge >= 0.3 is 0 Å². The summed E-state index contributed by atoms with van der Waals surface area (Å²) >= 11 is 0. The molecule has 0 atom stereocenters. The molecular weight excluding hydrogens is 232 g/mol. The lowest BCUT2D eigenvalue weighted by atomic mass is 10.2. The molecule has 1 heterocycles. The summed E-state index contributed by atoms with van der Waals surface area (Å²) in [5.41, 5.74) is 0. The minimum Gasteiger partial charge on any atom is -0.519 e. The quantitative estimate of drug-likeness (QED) is 0.695. The SMILES string of the molecule is CC[Si](CC)(CC)OC(=O)CCc1ccco1. The fourth-order valence-corrected chi connectivity index (χ4v) is 4.46. The zero-order valence-electron chi connectivity index (χ0n) is 11.0. The van der Waals surface area contributed by atoms with Gasteiger partial charge in [0.2, 0.25) is 0 Å². The highest BCUT2D eigenvalue weighted by Gasteiger charge is 2.32. The first-order valence-corrected chi connectivity index (χ1v) is 8.93. The van der Waals surface area contributed by atoms with Gasteiger partial charge in [-0.3, -0.25) is 4.79 Å². The van der Waals surface area contributed by atoms with E-state index in [1.807, 2.05) is 12.1 Å². The molecule has 0 bridgehead atoms. The van der Waals surface area contributed by atoms with Gasteiger partial charge in [0, 0.05) is 6.42 Å². The van der Waals surface area contributed by atoms with Crippen molar-refractivity contribution < 1.29 is 13.6 Å². The predicted octanol–water partition coefficient (Wildman–Crippen LogP) is 3.76. The molecule has 17 heavy (non-hydrogen) atoms. The zero-order valence-corrected chi connectivity index (χ0v) is 12.0. The minimum absolute atomic E-state index is 0.0707. The summed E-state index contributed by atoms with van der Waals surface area (Å²) < 4.78 is 10.9. The Kier molecular flexibility index (Phi) is 5.48. The second-order valence-electron chi connectivity index (χ2n) is 4.30. The van der Waals surface area contributed by atoms with Gasteiger partial charge in [-0.1, -0.05) is 20.8 Å². The van der Waals surface area contributed by atoms with Crippen LogP contribution in [0.5, 0.6) is 0 Å². The van der Waals surface area contributed by atoms with E-state index in [9.17, 15) is 4.79 Å². The van der Waals surface area contributed by atoms with Crippen molar-refractivity contribution in [2.24, 2.45) is 0 Å². The monoisotopic (exact) mass is 254 g/mol. The fourth-order valence-electron chi connectivity index (χ4n) is 1.94. The number of carbonyl (C=O) groups is 1. The Labute approximate surface area is 104 Å². The van der Waals surface area contributed by atoms with Crippen LogP contribution in [0.2, 0.25) is 18.1 Å². The molecular formula is C13H22O3Si. The maximum atomic E-state index is 11.8. The van der Waals surface area contributed by atoms with E-state index in [-0.39, 0.29) is 5.97 Å². The summed E-state index contributed by atoms with van der Waals surface area (Å²) in [6, 6.07) is 6.74. The van der Waals surface area contributed by atoms with E-state index in [0.717, 1.165) is 23.9 Å². The molecule has 0 unspecified atom stereocenters. The van der Waals surface area contributed by atoms with Crippen LogP contribution in [0, 0.1) is 0 Å². The van der Waals surface area contributed by atoms with Crippen molar-refractivity contribution >= 4 is 14.3 Å². The Morgan fingerprint density at radius 1 is 1.29 bits per heavy atom. The third-order valence-corrected chi connectivity index (χ3v) is 7.95. The van der Waals surface area contributed by atoms with Crippen LogP contribution in [0.3, 0.4) is 0 Å². The Balaban J connectivity index is 2.42. The first-order valence-electron chi connectivity index (χ1n) is 6.40. The van der Waals surface area contributed by atoms with E-state index < -0.39 is 8.32 Å². The van der Waals surface area contributed by atoms with E-state index in [4.69, 9.17) is 8.84 Å². The number of aryl methyl sites for hydroxylation is 1. The maximum absolute atomic E-state index is 11.8. The summed E-state index contributed by atoms with van der Waals surface area (Å²) in [6.45, 7) is 6.37. The van der Waals surface area contributed by atoms with Crippen LogP contribution in [0.4, 0.5) is 0 Å². The van der Waals surface area contributed by atoms with Crippen molar-refractivity contribution in [3.05, 3.63) is 24.2 Å². The average molecular weight is 254 g/mol. The van der Waals surface area contributed by atoms with Crippen LogP contribution < -0.4 is 0 Å². The number of furan rings is 1. The van der Waals surface area contributed by atoms with Gasteiger partial charge in [-0.25, -0.2) is 0 Å². The van der Waals surface area contributed by atoms with Crippen LogP contribution in [0.15, 0.2) is 22.8 Å². The Hall–Kier alpha value is -1.03. The largest absolute Gasteiger partial charge is 0.519 e. The molecule has 96 valence electrons. The highest BCUT2D eigenvalue weighted by Crippen LogP contribution is 2.22. The first kappa shape index (κ1) is 14.0. The van der Waals surface area contributed by atoms with Crippen LogP contribution in [0.25, 0.3) is 0 Å². The summed E-state index contributed by atoms with van der Waals surface area (Å²) in [6.07, 6.45) is 2.68. The smallest absolute Gasteiger partial charge is 0.292 e. The van der Waals surface area contributed by atoms with Crippen LogP contribution in [-0.4, -0.2) is 14.3 Å². The molecule has 3 nitrogen and oxygen atoms in total. The Bertz CT molecular complexity index is 320. The van der Waals surface area contributed by atoms with E-state index in [0.29, 0.717) is 12.8 Å². The van der Waals surface area contributed by atoms with Gasteiger partial charge in [0.15, 0.2) is 0 Å². The highest BCUT2D eigenvalue weighted by molar-refractivity contribution is 6.74. The molecule has 0 N–H and O–H groups in total. The summed E-state index contributed by atoms with van der Waals surface area (Å²) in [4.78, 5) is 11.8. The molecule has 0 saturated carbocycles. The van der Waals surface area contributed by atoms with Crippen LogP contribution >= 0.6 is 0 Å². The molecule has 1 aromatic rings. The second-order valence-corrected chi connectivity index (χ2v) is 8.99. The zero-order chi connectivity index (χ0) is 12.7. The molecule has 0 aliphatic rings. The average Bonchev–Trinajstić information content (AvgIpc) is 2.87. The summed E-state index contributed by atoms with van der Waals surface area (Å²) in [7, 11) is -1.78. The molecule has 4 heteroatoms. The molecule has 0 fully saturated rings. The van der Waals surface area contributed by atoms with Gasteiger partial charge in [0.1, 0.15) is 5.76 Å². The van der Waals surface area contributed by atoms with E-state index >= 15 is 0 Å². The molecule has 0 saturated heterocycles. The molecule has 0 amide bonds. The van der Waals surface area contributed by atoms with Crippen molar-refractivity contribution in [1.29, 1.82) is 0 Å². The van der Waals surface area contributed by atoms with Gasteiger partial charge in [-0.15, -0.1) is 0 Å². The predicted molar refractivity (Wildman–Crippen MR) is 70.3 cm³/mol. The standard InChI is InChI=1S/C13H22O3Si/c1-4-17(5-2,6-3)16-13(14)10-9-12-8-7-11-15-12/h7-8,11H,4-6,9-10H2,1-3H3. The van der Waals surface area contributed by atoms with Gasteiger partial charge in [-0.2, -0.15) is 0 Å². The van der Waals surface area contributed by atoms with Gasteiger partial charge < -0.3 is 8.84 Å². The second kappa shape index (κ2) is 6.64. The Morgan fingerprint density at radius 2 is 1.94 bits per heavy atom. The molecule has 0 aliphatic heterocycles. The minimum atomic E-state index is -1.78. The lowest BCUT2D eigenvalue weighted by Crippen LogP contribution is -2.38. The van der Waals surface area contributed by atoms with Crippen molar-refractivity contribution in [1.82, 2.24) is 0 Å². The normalized spacial score (nSPS) is 11.5. The van der Waals surface area contributed by atoms with E-state index in [2.05, 4.69) is 20.8 Å². The maximum Gasteiger partial charge on any atom is 0.292 e. The Morgan fingerprint density at radius 3 is 2.41 bits per heavy atom. The van der Waals surface area contributed by atoms with E-state index in [1.165, 1.54) is 0 Å². The first-order chi connectivity index (χ1) is 8.15. The van der Waals surface area contributed by atoms with Gasteiger partial charge in [-0.05, 0) is 30.3 Å². The highest BCUT2D eigenvalue weighted by atomic mass is 28.4. The molecule has 0 aromatic carbocycles. The third-order valence-electron chi connectivity index (χ3n) is 3.42. The van der Waals surface area contributed by atoms with E-state index in [1.54, 1.807) is 6.26 Å². The lowest BCUT2D eigenvalue weighted by Gasteiger charge is -2.27. The van der Waals surface area contributed by atoms with Crippen molar-refractivity contribution in [3.8, 4) is 0 Å². The van der Waals surface area contributed by atoms with Gasteiger partial charge in [0.25, 0.3) is 14.3 Å². The van der Waals surface area contributed by atoms with Crippen molar-refractivity contribution in [3.63, 3.8) is 0 Å². The number of carbonyl (C=O) groups excluding carboxylic acids is 1. The van der Waals surface area contributed by atoms with Crippen LogP contribution in [-0.2, 0) is 15.6 Å². The summed E-state index contributed by atoms with van der Waals surface area (Å²) in [5.74, 6) is 0.775. The van der Waals surface area contributed by atoms with Crippen molar-refractivity contribution in [2.45, 2.75) is 51.7 Å². The molecule has 1 aromatic heterocycles. The lowest BCUT2D eigenvalue weighted by molar-refractivity contribution is -0.135. The number of rotatable bonds is 7. The van der Waals surface area contributed by atoms with Gasteiger partial charge in [0.05, 0.1) is 12.7 Å². The topological polar surface area (TPSA) is 39.4 Å². The summed E-state index contributed by atoms with van der Waals surface area (Å²) in [5, 5.41) is 0. The van der Waals surface area contributed by atoms with Crippen LogP contribution in [0.1, 0.15) is 33.0 Å². The third kappa shape index (κ3) is 4.04. The van der Waals surface area contributed by atoms with Crippen molar-refractivity contribution in [2.75, 3.05) is 0 Å². The molecule has 0 radical (unpaired) electrons. The molecule has 0 spiro atoms. The number of hydrogen-bond acceptors (Lipinski definition) is 3. The fraction of sp³-hybridized carbons (Fsp3) is 0.615. The molecule has 0 aliphatic carbocycles. The number of hydrogen-bond donors (Lipinski definition) is 0. The molecule has 1 rings (SSSR count).